The summed E-state index contributed by atoms with van der Waals surface area (Å²) in [5, 5.41) is 0.857. The molecule has 2 aromatic heterocycles. The van der Waals surface area contributed by atoms with Crippen LogP contribution in [0.2, 0.25) is 0 Å². The van der Waals surface area contributed by atoms with E-state index >= 15 is 0 Å². The molecular formula is C22H21NO4S. The summed E-state index contributed by atoms with van der Waals surface area (Å²) in [6.45, 7) is 4.00. The molecule has 0 amide bonds. The number of furan rings is 2. The van der Waals surface area contributed by atoms with Crippen LogP contribution in [0.4, 0.5) is 5.88 Å². The third-order valence-electron chi connectivity index (χ3n) is 4.62. The number of hydrogen-bond acceptors (Lipinski definition) is 4. The minimum atomic E-state index is -3.78. The molecule has 28 heavy (non-hydrogen) atoms. The van der Waals surface area contributed by atoms with E-state index in [9.17, 15) is 8.42 Å². The fourth-order valence-electron chi connectivity index (χ4n) is 3.11. The highest BCUT2D eigenvalue weighted by atomic mass is 32.2. The molecule has 144 valence electrons. The minimum Gasteiger partial charge on any atom is -0.466 e. The predicted molar refractivity (Wildman–Crippen MR) is 109 cm³/mol. The molecule has 0 atom stereocenters. The van der Waals surface area contributed by atoms with Gasteiger partial charge in [0.2, 0.25) is 5.88 Å². The lowest BCUT2D eigenvalue weighted by Crippen LogP contribution is -2.32. The average molecular weight is 395 g/mol. The SMILES string of the molecule is Cc1ccc(S(=O)(=O)N(CCc2ccc(C)o2)c2cc3ccccc3o2)cc1. The van der Waals surface area contributed by atoms with Crippen LogP contribution in [0.25, 0.3) is 11.0 Å². The second-order valence-electron chi connectivity index (χ2n) is 6.78. The van der Waals surface area contributed by atoms with Crippen molar-refractivity contribution in [1.29, 1.82) is 0 Å². The van der Waals surface area contributed by atoms with E-state index in [0.717, 1.165) is 22.5 Å². The molecule has 6 heteroatoms. The van der Waals surface area contributed by atoms with Crippen LogP contribution in [0.1, 0.15) is 17.1 Å². The van der Waals surface area contributed by atoms with Crippen molar-refractivity contribution < 1.29 is 17.3 Å². The summed E-state index contributed by atoms with van der Waals surface area (Å²) in [6.07, 6.45) is 0.440. The van der Waals surface area contributed by atoms with Crippen LogP contribution in [0.5, 0.6) is 0 Å². The number of aryl methyl sites for hydroxylation is 2. The molecule has 0 aliphatic carbocycles. The molecular weight excluding hydrogens is 374 g/mol. The van der Waals surface area contributed by atoms with Crippen LogP contribution in [-0.4, -0.2) is 15.0 Å². The Hall–Kier alpha value is -2.99. The summed E-state index contributed by atoms with van der Waals surface area (Å²) in [4.78, 5) is 0.231. The minimum absolute atomic E-state index is 0.211. The summed E-state index contributed by atoms with van der Waals surface area (Å²) in [5.74, 6) is 1.83. The van der Waals surface area contributed by atoms with E-state index in [1.807, 2.05) is 50.2 Å². The molecule has 2 aromatic carbocycles. The summed E-state index contributed by atoms with van der Waals surface area (Å²) >= 11 is 0. The molecule has 5 nitrogen and oxygen atoms in total. The predicted octanol–water partition coefficient (Wildman–Crippen LogP) is 5.08. The van der Waals surface area contributed by atoms with Gasteiger partial charge in [-0.25, -0.2) is 12.7 Å². The Balaban J connectivity index is 1.74. The summed E-state index contributed by atoms with van der Waals surface area (Å²) < 4.78 is 39.6. The quantitative estimate of drug-likeness (QED) is 0.457. The van der Waals surface area contributed by atoms with E-state index in [2.05, 4.69) is 0 Å². The average Bonchev–Trinajstić information content (AvgIpc) is 3.28. The lowest BCUT2D eigenvalue weighted by molar-refractivity contribution is 0.482. The second kappa shape index (κ2) is 7.20. The molecule has 4 aromatic rings. The first-order valence-electron chi connectivity index (χ1n) is 9.07. The zero-order valence-electron chi connectivity index (χ0n) is 15.8. The van der Waals surface area contributed by atoms with Gasteiger partial charge in [0.05, 0.1) is 4.90 Å². The monoisotopic (exact) mass is 395 g/mol. The second-order valence-corrected chi connectivity index (χ2v) is 8.64. The van der Waals surface area contributed by atoms with Crippen LogP contribution >= 0.6 is 0 Å². The van der Waals surface area contributed by atoms with E-state index in [1.54, 1.807) is 30.3 Å². The molecule has 4 rings (SSSR count). The summed E-state index contributed by atoms with van der Waals surface area (Å²) in [7, 11) is -3.78. The topological polar surface area (TPSA) is 63.7 Å². The van der Waals surface area contributed by atoms with Crippen LogP contribution in [0, 0.1) is 13.8 Å². The van der Waals surface area contributed by atoms with Crippen molar-refractivity contribution in [2.45, 2.75) is 25.2 Å². The maximum atomic E-state index is 13.4. The Bertz CT molecular complexity index is 1170. The van der Waals surface area contributed by atoms with Crippen molar-refractivity contribution in [3.8, 4) is 0 Å². The third kappa shape index (κ3) is 3.55. The largest absolute Gasteiger partial charge is 0.466 e. The molecule has 0 radical (unpaired) electrons. The highest BCUT2D eigenvalue weighted by Gasteiger charge is 2.28. The number of nitrogens with zero attached hydrogens (tertiary/aromatic N) is 1. The van der Waals surface area contributed by atoms with Gasteiger partial charge in [-0.2, -0.15) is 0 Å². The number of anilines is 1. The van der Waals surface area contributed by atoms with Crippen molar-refractivity contribution in [2.75, 3.05) is 10.8 Å². The molecule has 0 fully saturated rings. The lowest BCUT2D eigenvalue weighted by Gasteiger charge is -2.21. The fraction of sp³-hybridized carbons (Fsp3) is 0.182. The van der Waals surface area contributed by atoms with Crippen molar-refractivity contribution in [3.05, 3.63) is 83.8 Å². The van der Waals surface area contributed by atoms with Gasteiger partial charge in [0.15, 0.2) is 0 Å². The first-order valence-corrected chi connectivity index (χ1v) is 10.5. The normalized spacial score (nSPS) is 11.8. The van der Waals surface area contributed by atoms with Gasteiger partial charge in [0, 0.05) is 24.4 Å². The highest BCUT2D eigenvalue weighted by Crippen LogP contribution is 2.30. The molecule has 0 spiro atoms. The van der Waals surface area contributed by atoms with Crippen LogP contribution in [-0.2, 0) is 16.4 Å². The van der Waals surface area contributed by atoms with E-state index < -0.39 is 10.0 Å². The van der Waals surface area contributed by atoms with Gasteiger partial charge in [-0.3, -0.25) is 0 Å². The number of hydrogen-bond donors (Lipinski definition) is 0. The molecule has 0 saturated heterocycles. The maximum absolute atomic E-state index is 13.4. The van der Waals surface area contributed by atoms with Gasteiger partial charge in [0.1, 0.15) is 17.1 Å². The van der Waals surface area contributed by atoms with Crippen molar-refractivity contribution in [2.24, 2.45) is 0 Å². The van der Waals surface area contributed by atoms with E-state index in [4.69, 9.17) is 8.83 Å². The molecule has 0 unspecified atom stereocenters. The van der Waals surface area contributed by atoms with E-state index in [0.29, 0.717) is 17.9 Å². The highest BCUT2D eigenvalue weighted by molar-refractivity contribution is 7.92. The number of fused-ring (bicyclic) bond motifs is 1. The number of benzene rings is 2. The zero-order valence-corrected chi connectivity index (χ0v) is 16.6. The number of rotatable bonds is 6. The Labute approximate surface area is 164 Å². The van der Waals surface area contributed by atoms with E-state index in [-0.39, 0.29) is 11.4 Å². The molecule has 0 bridgehead atoms. The molecule has 0 aliphatic heterocycles. The number of sulfonamides is 1. The van der Waals surface area contributed by atoms with Gasteiger partial charge in [-0.15, -0.1) is 0 Å². The van der Waals surface area contributed by atoms with Gasteiger partial charge < -0.3 is 8.83 Å². The third-order valence-corrected chi connectivity index (χ3v) is 6.44. The smallest absolute Gasteiger partial charge is 0.266 e. The Morgan fingerprint density at radius 2 is 1.64 bits per heavy atom. The molecule has 0 saturated carbocycles. The Morgan fingerprint density at radius 3 is 2.32 bits per heavy atom. The first kappa shape index (κ1) is 18.4. The van der Waals surface area contributed by atoms with Crippen molar-refractivity contribution in [1.82, 2.24) is 0 Å². The fourth-order valence-corrected chi connectivity index (χ4v) is 4.50. The van der Waals surface area contributed by atoms with Crippen LogP contribution < -0.4 is 4.31 Å². The van der Waals surface area contributed by atoms with Gasteiger partial charge in [-0.1, -0.05) is 35.9 Å². The maximum Gasteiger partial charge on any atom is 0.266 e. The van der Waals surface area contributed by atoms with Gasteiger partial charge >= 0.3 is 0 Å². The van der Waals surface area contributed by atoms with Gasteiger partial charge in [-0.05, 0) is 44.2 Å². The van der Waals surface area contributed by atoms with Gasteiger partial charge in [0.25, 0.3) is 10.0 Å². The van der Waals surface area contributed by atoms with Crippen molar-refractivity contribution in [3.63, 3.8) is 0 Å². The van der Waals surface area contributed by atoms with Crippen LogP contribution in [0.15, 0.2) is 80.5 Å². The molecule has 2 heterocycles. The summed E-state index contributed by atoms with van der Waals surface area (Å²) in [5.41, 5.74) is 1.65. The first-order chi connectivity index (χ1) is 13.4. The number of para-hydroxylation sites is 1. The standard InChI is InChI=1S/C22H21NO4S/c1-16-7-11-20(12-8-16)28(24,25)23(14-13-19-10-9-17(2)26-19)22-15-18-5-3-4-6-21(18)27-22/h3-12,15H,13-14H2,1-2H3. The Kier molecular flexibility index (Phi) is 4.73. The molecule has 0 N–H and O–H groups in total. The van der Waals surface area contributed by atoms with Crippen molar-refractivity contribution >= 4 is 26.9 Å². The summed E-state index contributed by atoms with van der Waals surface area (Å²) in [6, 6.07) is 19.8. The molecule has 0 aliphatic rings. The van der Waals surface area contributed by atoms with Crippen LogP contribution in [0.3, 0.4) is 0 Å². The zero-order chi connectivity index (χ0) is 19.7. The Morgan fingerprint density at radius 1 is 0.893 bits per heavy atom. The van der Waals surface area contributed by atoms with E-state index in [1.165, 1.54) is 4.31 Å². The lowest BCUT2D eigenvalue weighted by atomic mass is 10.2.